The summed E-state index contributed by atoms with van der Waals surface area (Å²) in [5.74, 6) is -1.37. The Hall–Kier alpha value is -2.84. The minimum atomic E-state index is -1.27. The third kappa shape index (κ3) is 5.14. The smallest absolute Gasteiger partial charge is 0.410 e. The maximum atomic E-state index is 12.5. The summed E-state index contributed by atoms with van der Waals surface area (Å²) >= 11 is 0. The van der Waals surface area contributed by atoms with Gasteiger partial charge in [-0.3, -0.25) is 0 Å². The molecule has 9 nitrogen and oxygen atoms in total. The van der Waals surface area contributed by atoms with Crippen molar-refractivity contribution in [1.82, 2.24) is 14.7 Å². The van der Waals surface area contributed by atoms with Crippen LogP contribution in [0.4, 0.5) is 4.79 Å². The second kappa shape index (κ2) is 9.34. The average molecular weight is 448 g/mol. The van der Waals surface area contributed by atoms with E-state index in [1.54, 1.807) is 24.9 Å². The molecule has 1 aliphatic heterocycles. The summed E-state index contributed by atoms with van der Waals surface area (Å²) in [6.07, 6.45) is 7.77. The zero-order valence-electron chi connectivity index (χ0n) is 19.6. The molecule has 0 atom stereocenters. The van der Waals surface area contributed by atoms with Gasteiger partial charge in [0.1, 0.15) is 5.60 Å². The second-order valence-electron chi connectivity index (χ2n) is 9.25. The van der Waals surface area contributed by atoms with Crippen LogP contribution in [-0.4, -0.2) is 64.6 Å². The number of hydrogen-bond acceptors (Lipinski definition) is 7. The SMILES string of the molecule is CCOC(=O)C(C(=O)OCC)n1ncc2c1C=CC1(CCN(C(=O)OC(C)(C)C)CC1)C2. The largest absolute Gasteiger partial charge is 0.464 e. The molecule has 1 aromatic rings. The Bertz CT molecular complexity index is 872. The molecule has 0 N–H and O–H groups in total. The molecule has 176 valence electrons. The predicted octanol–water partition coefficient (Wildman–Crippen LogP) is 3.14. The van der Waals surface area contributed by atoms with Crippen molar-refractivity contribution >= 4 is 24.1 Å². The van der Waals surface area contributed by atoms with Crippen molar-refractivity contribution in [3.05, 3.63) is 23.5 Å². The molecule has 0 bridgehead atoms. The third-order valence-corrected chi connectivity index (χ3v) is 5.73. The Labute approximate surface area is 188 Å². The van der Waals surface area contributed by atoms with Crippen molar-refractivity contribution in [2.75, 3.05) is 26.3 Å². The van der Waals surface area contributed by atoms with Crippen molar-refractivity contribution in [2.24, 2.45) is 5.41 Å². The molecule has 1 aliphatic carbocycles. The van der Waals surface area contributed by atoms with Gasteiger partial charge < -0.3 is 19.1 Å². The van der Waals surface area contributed by atoms with Crippen LogP contribution in [0, 0.1) is 5.41 Å². The number of carbonyl (C=O) groups excluding carboxylic acids is 3. The number of aromatic nitrogens is 2. The molecule has 1 aromatic heterocycles. The number of esters is 2. The van der Waals surface area contributed by atoms with Gasteiger partial charge in [0.05, 0.1) is 25.1 Å². The van der Waals surface area contributed by atoms with E-state index in [4.69, 9.17) is 14.2 Å². The van der Waals surface area contributed by atoms with Gasteiger partial charge in [0, 0.05) is 13.1 Å². The molecule has 0 unspecified atom stereocenters. The standard InChI is InChI=1S/C23H33N3O6/c1-6-30-19(27)18(20(28)31-7-2)26-17-8-9-23(14-16(17)15-24-26)10-12-25(13-11-23)21(29)32-22(3,4)5/h8-9,15,18H,6-7,10-14H2,1-5H3. The lowest BCUT2D eigenvalue weighted by molar-refractivity contribution is -0.160. The fourth-order valence-corrected chi connectivity index (χ4v) is 4.17. The average Bonchev–Trinajstić information content (AvgIpc) is 3.10. The number of fused-ring (bicyclic) bond motifs is 1. The van der Waals surface area contributed by atoms with Crippen LogP contribution in [0.2, 0.25) is 0 Å². The quantitative estimate of drug-likeness (QED) is 0.388. The van der Waals surface area contributed by atoms with Crippen molar-refractivity contribution < 1.29 is 28.6 Å². The van der Waals surface area contributed by atoms with Gasteiger partial charge in [0.2, 0.25) is 6.04 Å². The van der Waals surface area contributed by atoms with E-state index in [2.05, 4.69) is 11.2 Å². The van der Waals surface area contributed by atoms with Crippen molar-refractivity contribution in [3.8, 4) is 0 Å². The van der Waals surface area contributed by atoms with Gasteiger partial charge in [-0.2, -0.15) is 5.10 Å². The fraction of sp³-hybridized carbons (Fsp3) is 0.652. The molecule has 0 radical (unpaired) electrons. The summed E-state index contributed by atoms with van der Waals surface area (Å²) in [7, 11) is 0. The molecule has 1 saturated heterocycles. The van der Waals surface area contributed by atoms with E-state index in [0.717, 1.165) is 24.8 Å². The third-order valence-electron chi connectivity index (χ3n) is 5.73. The molecule has 0 saturated carbocycles. The number of rotatable bonds is 5. The number of hydrogen-bond donors (Lipinski definition) is 0. The van der Waals surface area contributed by atoms with Gasteiger partial charge in [0.15, 0.2) is 0 Å². The van der Waals surface area contributed by atoms with E-state index in [9.17, 15) is 14.4 Å². The van der Waals surface area contributed by atoms with Crippen LogP contribution in [0.3, 0.4) is 0 Å². The van der Waals surface area contributed by atoms with Gasteiger partial charge in [-0.15, -0.1) is 0 Å². The molecule has 1 amide bonds. The van der Waals surface area contributed by atoms with Crippen LogP contribution in [0.15, 0.2) is 12.3 Å². The summed E-state index contributed by atoms with van der Waals surface area (Å²) in [6.45, 7) is 10.5. The predicted molar refractivity (Wildman–Crippen MR) is 117 cm³/mol. The Balaban J connectivity index is 1.75. The van der Waals surface area contributed by atoms with E-state index in [1.165, 1.54) is 4.68 Å². The zero-order chi connectivity index (χ0) is 23.5. The van der Waals surface area contributed by atoms with Gasteiger partial charge in [-0.1, -0.05) is 6.08 Å². The van der Waals surface area contributed by atoms with E-state index in [1.807, 2.05) is 26.8 Å². The molecule has 1 fully saturated rings. The lowest BCUT2D eigenvalue weighted by Gasteiger charge is -2.41. The first-order valence-corrected chi connectivity index (χ1v) is 11.2. The minimum absolute atomic E-state index is 0.0945. The first kappa shape index (κ1) is 23.8. The summed E-state index contributed by atoms with van der Waals surface area (Å²) < 4.78 is 17.1. The summed E-state index contributed by atoms with van der Waals surface area (Å²) in [6, 6.07) is -1.27. The molecule has 9 heteroatoms. The number of amides is 1. The normalized spacial score (nSPS) is 17.2. The van der Waals surface area contributed by atoms with Crippen LogP contribution in [0.25, 0.3) is 6.08 Å². The minimum Gasteiger partial charge on any atom is -0.464 e. The molecule has 3 rings (SSSR count). The molecule has 1 spiro atoms. The van der Waals surface area contributed by atoms with Crippen LogP contribution >= 0.6 is 0 Å². The van der Waals surface area contributed by atoms with Gasteiger partial charge in [0.25, 0.3) is 0 Å². The van der Waals surface area contributed by atoms with E-state index >= 15 is 0 Å². The monoisotopic (exact) mass is 447 g/mol. The number of allylic oxidation sites excluding steroid dienone is 1. The summed E-state index contributed by atoms with van der Waals surface area (Å²) in [4.78, 5) is 39.1. The van der Waals surface area contributed by atoms with Gasteiger partial charge >= 0.3 is 18.0 Å². The van der Waals surface area contributed by atoms with Gasteiger partial charge in [-0.25, -0.2) is 19.1 Å². The highest BCUT2D eigenvalue weighted by Crippen LogP contribution is 2.41. The lowest BCUT2D eigenvalue weighted by atomic mass is 9.71. The van der Waals surface area contributed by atoms with Crippen LogP contribution in [-0.2, 0) is 30.2 Å². The highest BCUT2D eigenvalue weighted by atomic mass is 16.6. The van der Waals surface area contributed by atoms with Crippen molar-refractivity contribution in [2.45, 2.75) is 65.5 Å². The Kier molecular flexibility index (Phi) is 6.95. The number of carbonyl (C=O) groups is 3. The van der Waals surface area contributed by atoms with Gasteiger partial charge in [-0.05, 0) is 70.9 Å². The van der Waals surface area contributed by atoms with E-state index < -0.39 is 23.6 Å². The fourth-order valence-electron chi connectivity index (χ4n) is 4.17. The Morgan fingerprint density at radius 2 is 1.69 bits per heavy atom. The highest BCUT2D eigenvalue weighted by molar-refractivity contribution is 5.97. The maximum absolute atomic E-state index is 12.5. The van der Waals surface area contributed by atoms with Crippen LogP contribution in [0.1, 0.15) is 64.8 Å². The first-order chi connectivity index (χ1) is 15.1. The Morgan fingerprint density at radius 3 is 2.22 bits per heavy atom. The lowest BCUT2D eigenvalue weighted by Crippen LogP contribution is -2.45. The molecule has 32 heavy (non-hydrogen) atoms. The van der Waals surface area contributed by atoms with Crippen molar-refractivity contribution in [3.63, 3.8) is 0 Å². The molecular formula is C23H33N3O6. The molecular weight excluding hydrogens is 414 g/mol. The molecule has 0 aromatic carbocycles. The highest BCUT2D eigenvalue weighted by Gasteiger charge is 2.40. The van der Waals surface area contributed by atoms with Crippen molar-refractivity contribution in [1.29, 1.82) is 0 Å². The Morgan fingerprint density at radius 1 is 1.09 bits per heavy atom. The maximum Gasteiger partial charge on any atom is 0.410 e. The van der Waals surface area contributed by atoms with Crippen LogP contribution in [0.5, 0.6) is 0 Å². The second-order valence-corrected chi connectivity index (χ2v) is 9.25. The molecule has 2 heterocycles. The van der Waals surface area contributed by atoms with E-state index in [0.29, 0.717) is 18.8 Å². The van der Waals surface area contributed by atoms with Crippen LogP contribution < -0.4 is 0 Å². The summed E-state index contributed by atoms with van der Waals surface area (Å²) in [5.41, 5.74) is 1.05. The number of likely N-dealkylation sites (tertiary alicyclic amines) is 1. The zero-order valence-corrected chi connectivity index (χ0v) is 19.6. The van der Waals surface area contributed by atoms with E-state index in [-0.39, 0.29) is 24.7 Å². The first-order valence-electron chi connectivity index (χ1n) is 11.2. The summed E-state index contributed by atoms with van der Waals surface area (Å²) in [5, 5.41) is 4.35. The number of nitrogens with zero attached hydrogens (tertiary/aromatic N) is 3. The topological polar surface area (TPSA) is 100.0 Å². The number of piperidine rings is 1. The molecule has 2 aliphatic rings. The number of ether oxygens (including phenoxy) is 3.